The van der Waals surface area contributed by atoms with Crippen LogP contribution in [0, 0.1) is 6.92 Å². The lowest BCUT2D eigenvalue weighted by atomic mass is 10.2. The molecule has 1 aromatic carbocycles. The van der Waals surface area contributed by atoms with Crippen LogP contribution in [0.1, 0.15) is 5.56 Å². The van der Waals surface area contributed by atoms with Crippen LogP contribution < -0.4 is 26.6 Å². The number of carbonyl (C=O) groups excluding carboxylic acids is 1. The number of thiophene rings is 1. The number of sulfonamides is 1. The average molecular weight is 522 g/mol. The van der Waals surface area contributed by atoms with Gasteiger partial charge in [0.15, 0.2) is 11.6 Å². The maximum atomic E-state index is 12.8. The van der Waals surface area contributed by atoms with Crippen LogP contribution in [-0.2, 0) is 10.0 Å². The van der Waals surface area contributed by atoms with Crippen molar-refractivity contribution < 1.29 is 13.2 Å². The fourth-order valence-corrected chi connectivity index (χ4v) is 5.59. The molecule has 34 heavy (non-hydrogen) atoms. The van der Waals surface area contributed by atoms with E-state index in [1.807, 2.05) is 4.72 Å². The number of carbonyl (C=O) groups is 1. The van der Waals surface area contributed by atoms with E-state index >= 15 is 0 Å². The zero-order valence-electron chi connectivity index (χ0n) is 17.5. The summed E-state index contributed by atoms with van der Waals surface area (Å²) < 4.78 is 27.5. The van der Waals surface area contributed by atoms with E-state index in [0.717, 1.165) is 15.9 Å². The lowest BCUT2D eigenvalue weighted by Crippen LogP contribution is -2.35. The number of aryl methyl sites for hydroxylation is 1. The maximum absolute atomic E-state index is 12.8. The largest absolute Gasteiger partial charge is 0.388 e. The first-order valence-corrected chi connectivity index (χ1v) is 12.2. The molecule has 0 fully saturated rings. The molecule has 0 radical (unpaired) electrons. The van der Waals surface area contributed by atoms with E-state index in [9.17, 15) is 22.8 Å². The minimum absolute atomic E-state index is 0.0897. The summed E-state index contributed by atoms with van der Waals surface area (Å²) in [6.07, 6.45) is 0. The predicted molar refractivity (Wildman–Crippen MR) is 129 cm³/mol. The highest BCUT2D eigenvalue weighted by molar-refractivity contribution is 7.92. The highest BCUT2D eigenvalue weighted by Crippen LogP contribution is 2.29. The van der Waals surface area contributed by atoms with E-state index in [1.165, 1.54) is 18.2 Å². The second-order valence-corrected chi connectivity index (χ2v) is 10.5. The van der Waals surface area contributed by atoms with E-state index in [0.29, 0.717) is 21.1 Å². The molecule has 3 aromatic heterocycles. The van der Waals surface area contributed by atoms with Gasteiger partial charge in [-0.1, -0.05) is 11.6 Å². The minimum atomic E-state index is -4.14. The monoisotopic (exact) mass is 521 g/mol. The molecule has 0 bridgehead atoms. The summed E-state index contributed by atoms with van der Waals surface area (Å²) >= 11 is 6.70. The number of benzene rings is 1. The van der Waals surface area contributed by atoms with Crippen LogP contribution in [0.25, 0.3) is 16.7 Å². The number of amides is 2. The molecule has 4 aromatic rings. The summed E-state index contributed by atoms with van der Waals surface area (Å²) in [5, 5.41) is 13.0. The van der Waals surface area contributed by atoms with Gasteiger partial charge in [0.2, 0.25) is 0 Å². The zero-order valence-corrected chi connectivity index (χ0v) is 19.9. The van der Waals surface area contributed by atoms with Crippen molar-refractivity contribution in [2.24, 2.45) is 0 Å². The number of aromatic amines is 1. The Hall–Kier alpha value is -3.75. The van der Waals surface area contributed by atoms with Crippen molar-refractivity contribution in [2.75, 3.05) is 17.7 Å². The molecule has 0 aliphatic carbocycles. The number of halogens is 1. The summed E-state index contributed by atoms with van der Waals surface area (Å²) in [5.74, 6) is -0.200. The maximum Gasteiger partial charge on any atom is 0.334 e. The smallest absolute Gasteiger partial charge is 0.334 e. The van der Waals surface area contributed by atoms with Crippen LogP contribution in [-0.4, -0.2) is 41.2 Å². The first kappa shape index (κ1) is 23.4. The third-order valence-electron chi connectivity index (χ3n) is 4.63. The quantitative estimate of drug-likeness (QED) is 0.309. The Morgan fingerprint density at radius 3 is 2.53 bits per heavy atom. The SMILES string of the molecule is CNc1ccc2c(=O)n(-c3ccc(NC(=O)NS(=O)(=O)c4cc(C)c(Cl)s4)nn3)c(=O)[nH]c2c1. The number of anilines is 2. The minimum Gasteiger partial charge on any atom is -0.388 e. The molecule has 4 rings (SSSR count). The van der Waals surface area contributed by atoms with Crippen LogP contribution in [0.15, 0.2) is 50.2 Å². The third kappa shape index (κ3) is 4.50. The molecule has 0 aliphatic rings. The second-order valence-electron chi connectivity index (χ2n) is 6.94. The van der Waals surface area contributed by atoms with E-state index in [2.05, 4.69) is 25.8 Å². The summed E-state index contributed by atoms with van der Waals surface area (Å²) in [7, 11) is -2.43. The van der Waals surface area contributed by atoms with Gasteiger partial charge in [-0.2, -0.15) is 0 Å². The Kier molecular flexibility index (Phi) is 6.12. The molecule has 0 aliphatic heterocycles. The molecular weight excluding hydrogens is 506 g/mol. The molecule has 0 atom stereocenters. The highest BCUT2D eigenvalue weighted by atomic mass is 35.5. The lowest BCUT2D eigenvalue weighted by Gasteiger charge is -2.08. The molecule has 0 spiro atoms. The number of fused-ring (bicyclic) bond motifs is 1. The van der Waals surface area contributed by atoms with Gasteiger partial charge in [0, 0.05) is 12.7 Å². The normalized spacial score (nSPS) is 11.4. The van der Waals surface area contributed by atoms with Gasteiger partial charge in [0.05, 0.1) is 15.2 Å². The van der Waals surface area contributed by atoms with E-state index in [1.54, 1.807) is 32.2 Å². The molecule has 4 N–H and O–H groups in total. The van der Waals surface area contributed by atoms with E-state index in [4.69, 9.17) is 11.6 Å². The Labute approximate surface area is 200 Å². The first-order chi connectivity index (χ1) is 16.1. The van der Waals surface area contributed by atoms with Gasteiger partial charge >= 0.3 is 11.7 Å². The van der Waals surface area contributed by atoms with Gasteiger partial charge in [-0.15, -0.1) is 21.5 Å². The van der Waals surface area contributed by atoms with Gasteiger partial charge in [0.1, 0.15) is 4.21 Å². The number of nitrogens with one attached hydrogen (secondary N) is 4. The second kappa shape index (κ2) is 8.89. The number of hydrogen-bond donors (Lipinski definition) is 4. The first-order valence-electron chi connectivity index (χ1n) is 9.50. The molecular formula is C19H16ClN7O5S2. The molecule has 12 nitrogen and oxygen atoms in total. The van der Waals surface area contributed by atoms with Crippen LogP contribution in [0.5, 0.6) is 0 Å². The van der Waals surface area contributed by atoms with E-state index in [-0.39, 0.29) is 21.2 Å². The molecule has 3 heterocycles. The Morgan fingerprint density at radius 1 is 1.15 bits per heavy atom. The van der Waals surface area contributed by atoms with Crippen LogP contribution in [0.2, 0.25) is 4.34 Å². The molecule has 176 valence electrons. The van der Waals surface area contributed by atoms with Crippen LogP contribution in [0.3, 0.4) is 0 Å². The number of aromatic nitrogens is 4. The molecule has 15 heteroatoms. The van der Waals surface area contributed by atoms with Crippen molar-refractivity contribution >= 4 is 61.4 Å². The van der Waals surface area contributed by atoms with Crippen molar-refractivity contribution in [1.29, 1.82) is 0 Å². The van der Waals surface area contributed by atoms with Crippen molar-refractivity contribution in [1.82, 2.24) is 24.5 Å². The summed E-state index contributed by atoms with van der Waals surface area (Å²) in [6, 6.07) is 7.68. The number of H-pyrrole nitrogens is 1. The topological polar surface area (TPSA) is 168 Å². The lowest BCUT2D eigenvalue weighted by molar-refractivity contribution is 0.256. The molecule has 0 saturated carbocycles. The van der Waals surface area contributed by atoms with Gasteiger partial charge in [-0.25, -0.2) is 27.3 Å². The molecule has 0 unspecified atom stereocenters. The number of rotatable bonds is 5. The van der Waals surface area contributed by atoms with E-state index < -0.39 is 27.3 Å². The Morgan fingerprint density at radius 2 is 1.91 bits per heavy atom. The fourth-order valence-electron chi connectivity index (χ4n) is 2.97. The predicted octanol–water partition coefficient (Wildman–Crippen LogP) is 2.04. The Balaban J connectivity index is 1.55. The van der Waals surface area contributed by atoms with Gasteiger partial charge < -0.3 is 10.3 Å². The highest BCUT2D eigenvalue weighted by Gasteiger charge is 2.21. The van der Waals surface area contributed by atoms with Gasteiger partial charge in [-0.05, 0) is 48.9 Å². The zero-order chi connectivity index (χ0) is 24.6. The summed E-state index contributed by atoms with van der Waals surface area (Å²) in [4.78, 5) is 40.1. The van der Waals surface area contributed by atoms with Crippen LogP contribution in [0.4, 0.5) is 16.3 Å². The third-order valence-corrected chi connectivity index (χ3v) is 7.99. The summed E-state index contributed by atoms with van der Waals surface area (Å²) in [6.45, 7) is 1.64. The summed E-state index contributed by atoms with van der Waals surface area (Å²) in [5.41, 5.74) is 0.299. The average Bonchev–Trinajstić information content (AvgIpc) is 3.13. The molecule has 0 saturated heterocycles. The van der Waals surface area contributed by atoms with Gasteiger partial charge in [-0.3, -0.25) is 10.1 Å². The number of nitrogens with zero attached hydrogens (tertiary/aromatic N) is 3. The number of urea groups is 1. The molecule has 2 amide bonds. The van der Waals surface area contributed by atoms with Crippen molar-refractivity contribution in [3.8, 4) is 5.82 Å². The Bertz CT molecular complexity index is 1620. The van der Waals surface area contributed by atoms with Crippen molar-refractivity contribution in [3.63, 3.8) is 0 Å². The fraction of sp³-hybridized carbons (Fsp3) is 0.105. The van der Waals surface area contributed by atoms with Gasteiger partial charge in [0.25, 0.3) is 15.6 Å². The van der Waals surface area contributed by atoms with Crippen LogP contribution >= 0.6 is 22.9 Å². The van der Waals surface area contributed by atoms with Crippen molar-refractivity contribution in [2.45, 2.75) is 11.1 Å². The van der Waals surface area contributed by atoms with Crippen molar-refractivity contribution in [3.05, 3.63) is 67.1 Å². The standard InChI is InChI=1S/C19H16ClN7O5S2/c1-9-7-15(33-16(9)20)34(31,32)26-18(29)23-13-5-6-14(25-24-13)27-17(28)11-4-3-10(21-2)8-12(11)22-19(27)30/h3-8,21H,1-2H3,(H,22,30)(H2,23,24,26,29). The number of hydrogen-bond acceptors (Lipinski definition) is 9.